The zero-order chi connectivity index (χ0) is 9.80. The van der Waals surface area contributed by atoms with Crippen LogP contribution < -0.4 is 5.32 Å². The Labute approximate surface area is 82.0 Å². The summed E-state index contributed by atoms with van der Waals surface area (Å²) in [6.07, 6.45) is 3.39. The van der Waals surface area contributed by atoms with Crippen molar-refractivity contribution in [3.63, 3.8) is 0 Å². The summed E-state index contributed by atoms with van der Waals surface area (Å²) in [5, 5.41) is 3.06. The standard InChI is InChI=1S/C10H11N3O/c1-8-3-4-9(14-8)7-13-10-11-5-2-6-12-10/h2-6H,7H2,1H3,(H,11,12,13). The molecule has 0 spiro atoms. The van der Waals surface area contributed by atoms with E-state index >= 15 is 0 Å². The molecule has 4 nitrogen and oxygen atoms in total. The first-order chi connectivity index (χ1) is 6.84. The van der Waals surface area contributed by atoms with Gasteiger partial charge in [-0.1, -0.05) is 0 Å². The summed E-state index contributed by atoms with van der Waals surface area (Å²) in [5.41, 5.74) is 0. The maximum absolute atomic E-state index is 5.39. The molecule has 2 heterocycles. The van der Waals surface area contributed by atoms with Gasteiger partial charge in [0.2, 0.25) is 5.95 Å². The number of aromatic nitrogens is 2. The highest BCUT2D eigenvalue weighted by atomic mass is 16.3. The molecule has 4 heteroatoms. The number of nitrogens with zero attached hydrogens (tertiary/aromatic N) is 2. The highest BCUT2D eigenvalue weighted by molar-refractivity contribution is 5.23. The maximum Gasteiger partial charge on any atom is 0.222 e. The summed E-state index contributed by atoms with van der Waals surface area (Å²) in [7, 11) is 0. The number of nitrogens with one attached hydrogen (secondary N) is 1. The van der Waals surface area contributed by atoms with Gasteiger partial charge in [-0.25, -0.2) is 9.97 Å². The van der Waals surface area contributed by atoms with E-state index in [4.69, 9.17) is 4.42 Å². The zero-order valence-electron chi connectivity index (χ0n) is 7.90. The highest BCUT2D eigenvalue weighted by Crippen LogP contribution is 2.07. The molecular formula is C10H11N3O. The van der Waals surface area contributed by atoms with Gasteiger partial charge >= 0.3 is 0 Å². The molecule has 2 aromatic rings. The Morgan fingerprint density at radius 1 is 1.29 bits per heavy atom. The lowest BCUT2D eigenvalue weighted by Crippen LogP contribution is -2.01. The number of anilines is 1. The normalized spacial score (nSPS) is 10.1. The lowest BCUT2D eigenvalue weighted by Gasteiger charge is -2.00. The fraction of sp³-hybridized carbons (Fsp3) is 0.200. The van der Waals surface area contributed by atoms with Gasteiger partial charge in [-0.05, 0) is 25.1 Å². The van der Waals surface area contributed by atoms with E-state index in [0.29, 0.717) is 12.5 Å². The molecule has 0 unspecified atom stereocenters. The van der Waals surface area contributed by atoms with E-state index in [9.17, 15) is 0 Å². The van der Waals surface area contributed by atoms with Crippen LogP contribution in [0.15, 0.2) is 35.0 Å². The molecule has 0 aromatic carbocycles. The third-order valence-electron chi connectivity index (χ3n) is 1.78. The van der Waals surface area contributed by atoms with E-state index in [1.807, 2.05) is 19.1 Å². The van der Waals surface area contributed by atoms with Gasteiger partial charge in [-0.15, -0.1) is 0 Å². The summed E-state index contributed by atoms with van der Waals surface area (Å²) < 4.78 is 5.39. The molecule has 0 fully saturated rings. The number of rotatable bonds is 3. The minimum absolute atomic E-state index is 0.609. The SMILES string of the molecule is Cc1ccc(CNc2ncccn2)o1. The number of furan rings is 1. The Bertz CT molecular complexity index is 397. The van der Waals surface area contributed by atoms with Crippen molar-refractivity contribution in [1.29, 1.82) is 0 Å². The van der Waals surface area contributed by atoms with Crippen LogP contribution in [0.25, 0.3) is 0 Å². The van der Waals surface area contributed by atoms with Crippen LogP contribution in [0.3, 0.4) is 0 Å². The van der Waals surface area contributed by atoms with E-state index in [1.165, 1.54) is 0 Å². The zero-order valence-corrected chi connectivity index (χ0v) is 7.90. The molecule has 72 valence electrons. The van der Waals surface area contributed by atoms with Crippen LogP contribution in [0, 0.1) is 6.92 Å². The number of hydrogen-bond acceptors (Lipinski definition) is 4. The van der Waals surface area contributed by atoms with Crippen molar-refractivity contribution in [2.24, 2.45) is 0 Å². The second-order valence-corrected chi connectivity index (χ2v) is 2.94. The average molecular weight is 189 g/mol. The van der Waals surface area contributed by atoms with Gasteiger partial charge in [0.05, 0.1) is 6.54 Å². The molecule has 0 saturated heterocycles. The fourth-order valence-electron chi connectivity index (χ4n) is 1.14. The van der Waals surface area contributed by atoms with E-state index in [-0.39, 0.29) is 0 Å². The lowest BCUT2D eigenvalue weighted by molar-refractivity contribution is 0.490. The Kier molecular flexibility index (Phi) is 2.44. The van der Waals surface area contributed by atoms with Crippen molar-refractivity contribution in [3.8, 4) is 0 Å². The minimum atomic E-state index is 0.609. The summed E-state index contributed by atoms with van der Waals surface area (Å²) in [5.74, 6) is 2.41. The first-order valence-corrected chi connectivity index (χ1v) is 4.41. The molecule has 0 aliphatic rings. The molecule has 0 saturated carbocycles. The van der Waals surface area contributed by atoms with Gasteiger partial charge in [-0.2, -0.15) is 0 Å². The summed E-state index contributed by atoms with van der Waals surface area (Å²) in [6, 6.07) is 5.65. The maximum atomic E-state index is 5.39. The highest BCUT2D eigenvalue weighted by Gasteiger charge is 1.98. The summed E-state index contributed by atoms with van der Waals surface area (Å²) in [4.78, 5) is 8.07. The number of aryl methyl sites for hydroxylation is 1. The van der Waals surface area contributed by atoms with Gasteiger partial charge in [0, 0.05) is 12.4 Å². The van der Waals surface area contributed by atoms with Gasteiger partial charge in [0.1, 0.15) is 11.5 Å². The third-order valence-corrected chi connectivity index (χ3v) is 1.78. The van der Waals surface area contributed by atoms with Crippen LogP contribution in [0.4, 0.5) is 5.95 Å². The predicted molar refractivity (Wildman–Crippen MR) is 52.8 cm³/mol. The predicted octanol–water partition coefficient (Wildman–Crippen LogP) is 1.99. The van der Waals surface area contributed by atoms with Crippen LogP contribution >= 0.6 is 0 Å². The molecule has 0 radical (unpaired) electrons. The van der Waals surface area contributed by atoms with Crippen molar-refractivity contribution in [2.75, 3.05) is 5.32 Å². The van der Waals surface area contributed by atoms with Crippen molar-refractivity contribution >= 4 is 5.95 Å². The van der Waals surface area contributed by atoms with E-state index in [0.717, 1.165) is 11.5 Å². The molecule has 0 bridgehead atoms. The molecule has 14 heavy (non-hydrogen) atoms. The van der Waals surface area contributed by atoms with Crippen LogP contribution in [-0.4, -0.2) is 9.97 Å². The van der Waals surface area contributed by atoms with Crippen LogP contribution in [0.1, 0.15) is 11.5 Å². The third kappa shape index (κ3) is 2.10. The molecule has 0 aliphatic carbocycles. The molecule has 1 N–H and O–H groups in total. The van der Waals surface area contributed by atoms with Gasteiger partial charge in [0.15, 0.2) is 0 Å². The quantitative estimate of drug-likeness (QED) is 0.802. The Balaban J connectivity index is 1.95. The first kappa shape index (κ1) is 8.74. The molecule has 0 atom stereocenters. The second-order valence-electron chi connectivity index (χ2n) is 2.94. The number of hydrogen-bond donors (Lipinski definition) is 1. The molecule has 2 rings (SSSR count). The van der Waals surface area contributed by atoms with Crippen molar-refractivity contribution in [2.45, 2.75) is 13.5 Å². The fourth-order valence-corrected chi connectivity index (χ4v) is 1.14. The van der Waals surface area contributed by atoms with Crippen LogP contribution in [0.5, 0.6) is 0 Å². The largest absolute Gasteiger partial charge is 0.465 e. The van der Waals surface area contributed by atoms with Crippen molar-refractivity contribution < 1.29 is 4.42 Å². The topological polar surface area (TPSA) is 51.0 Å². The Morgan fingerprint density at radius 3 is 2.71 bits per heavy atom. The first-order valence-electron chi connectivity index (χ1n) is 4.41. The van der Waals surface area contributed by atoms with Crippen LogP contribution in [0.2, 0.25) is 0 Å². The van der Waals surface area contributed by atoms with Gasteiger partial charge in [0.25, 0.3) is 0 Å². The molecule has 0 aliphatic heterocycles. The van der Waals surface area contributed by atoms with Crippen molar-refractivity contribution in [3.05, 3.63) is 42.1 Å². The smallest absolute Gasteiger partial charge is 0.222 e. The Hall–Kier alpha value is -1.84. The molecule has 0 amide bonds. The summed E-state index contributed by atoms with van der Waals surface area (Å²) in [6.45, 7) is 2.53. The minimum Gasteiger partial charge on any atom is -0.465 e. The van der Waals surface area contributed by atoms with Gasteiger partial charge in [-0.3, -0.25) is 0 Å². The second kappa shape index (κ2) is 3.91. The van der Waals surface area contributed by atoms with E-state index < -0.39 is 0 Å². The van der Waals surface area contributed by atoms with Crippen LogP contribution in [-0.2, 0) is 6.54 Å². The van der Waals surface area contributed by atoms with Gasteiger partial charge < -0.3 is 9.73 Å². The lowest BCUT2D eigenvalue weighted by atomic mass is 10.4. The molecule has 2 aromatic heterocycles. The van der Waals surface area contributed by atoms with E-state index in [1.54, 1.807) is 18.5 Å². The average Bonchev–Trinajstić information content (AvgIpc) is 2.63. The summed E-state index contributed by atoms with van der Waals surface area (Å²) >= 11 is 0. The van der Waals surface area contributed by atoms with Crippen molar-refractivity contribution in [1.82, 2.24) is 9.97 Å². The monoisotopic (exact) mass is 189 g/mol. The Morgan fingerprint density at radius 2 is 2.07 bits per heavy atom. The van der Waals surface area contributed by atoms with E-state index in [2.05, 4.69) is 15.3 Å². The molecular weight excluding hydrogens is 178 g/mol.